The largest absolute Gasteiger partial charge is 0.481 e. The molecule has 1 aromatic carbocycles. The van der Waals surface area contributed by atoms with Crippen molar-refractivity contribution < 1.29 is 4.74 Å². The molecule has 0 aliphatic heterocycles. The fourth-order valence-corrected chi connectivity index (χ4v) is 4.93. The number of anilines is 1. The van der Waals surface area contributed by atoms with E-state index in [0.717, 1.165) is 40.2 Å². The van der Waals surface area contributed by atoms with Gasteiger partial charge in [-0.3, -0.25) is 5.10 Å². The molecule has 3 aromatic heterocycles. The van der Waals surface area contributed by atoms with E-state index in [-0.39, 0.29) is 0 Å². The Morgan fingerprint density at radius 2 is 2.07 bits per heavy atom. The third-order valence-corrected chi connectivity index (χ3v) is 6.45. The maximum absolute atomic E-state index is 7.54. The summed E-state index contributed by atoms with van der Waals surface area (Å²) in [6.07, 6.45) is 4.08. The fraction of sp³-hybridized carbons (Fsp3) is 0.136. The van der Waals surface area contributed by atoms with Crippen molar-refractivity contribution in [2.24, 2.45) is 0 Å². The average Bonchev–Trinajstić information content (AvgIpc) is 3.44. The number of benzene rings is 1. The molecule has 3 heterocycles. The minimum absolute atomic E-state index is 0.619. The topological polar surface area (TPSA) is 86.7 Å². The number of nitrogens with zero attached hydrogens (tertiary/aromatic N) is 2. The third kappa shape index (κ3) is 2.82. The zero-order valence-electron chi connectivity index (χ0n) is 16.0. The average molecular weight is 401 g/mol. The highest BCUT2D eigenvalue weighted by Crippen LogP contribution is 2.46. The van der Waals surface area contributed by atoms with Gasteiger partial charge in [-0.25, -0.2) is 4.98 Å². The first-order valence-electron chi connectivity index (χ1n) is 9.25. The molecule has 0 unspecified atom stereocenters. The van der Waals surface area contributed by atoms with Crippen LogP contribution in [0.15, 0.2) is 42.6 Å². The molecule has 144 valence electrons. The highest BCUT2D eigenvalue weighted by molar-refractivity contribution is 7.16. The van der Waals surface area contributed by atoms with Crippen LogP contribution in [0.1, 0.15) is 16.0 Å². The summed E-state index contributed by atoms with van der Waals surface area (Å²) in [6, 6.07) is 12.2. The van der Waals surface area contributed by atoms with Crippen molar-refractivity contribution in [3.63, 3.8) is 0 Å². The molecular weight excluding hydrogens is 382 g/mol. The van der Waals surface area contributed by atoms with Crippen molar-refractivity contribution in [1.29, 1.82) is 5.41 Å². The number of aromatic amines is 1. The number of aromatic nitrogens is 3. The van der Waals surface area contributed by atoms with Crippen LogP contribution in [0.2, 0.25) is 0 Å². The highest BCUT2D eigenvalue weighted by Gasteiger charge is 2.28. The summed E-state index contributed by atoms with van der Waals surface area (Å²) in [5, 5.41) is 18.6. The third-order valence-electron chi connectivity index (χ3n) is 5.26. The molecule has 4 aromatic rings. The lowest BCUT2D eigenvalue weighted by Crippen LogP contribution is -1.95. The van der Waals surface area contributed by atoms with E-state index in [1.165, 1.54) is 27.1 Å². The number of H-pyrrole nitrogens is 1. The van der Waals surface area contributed by atoms with Crippen LogP contribution < -0.4 is 10.1 Å². The molecule has 3 N–H and O–H groups in total. The van der Waals surface area contributed by atoms with Crippen LogP contribution >= 0.6 is 11.3 Å². The number of hydrogen-bond donors (Lipinski definition) is 3. The zero-order chi connectivity index (χ0) is 20.0. The van der Waals surface area contributed by atoms with Crippen molar-refractivity contribution >= 4 is 23.2 Å². The van der Waals surface area contributed by atoms with Gasteiger partial charge in [-0.05, 0) is 18.2 Å². The summed E-state index contributed by atoms with van der Waals surface area (Å²) in [5.74, 6) is 0.619. The van der Waals surface area contributed by atoms with Crippen molar-refractivity contribution in [2.75, 3.05) is 19.5 Å². The van der Waals surface area contributed by atoms with Crippen molar-refractivity contribution in [3.05, 3.63) is 58.6 Å². The second kappa shape index (κ2) is 6.86. The van der Waals surface area contributed by atoms with Crippen LogP contribution in [0.4, 0.5) is 5.69 Å². The van der Waals surface area contributed by atoms with Crippen LogP contribution in [-0.2, 0) is 6.42 Å². The molecule has 0 saturated carbocycles. The van der Waals surface area contributed by atoms with E-state index in [0.29, 0.717) is 5.88 Å². The number of fused-ring (bicyclic) bond motifs is 3. The Bertz CT molecular complexity index is 1220. The summed E-state index contributed by atoms with van der Waals surface area (Å²) in [5.41, 5.74) is 8.45. The van der Waals surface area contributed by atoms with E-state index in [4.69, 9.17) is 10.1 Å². The summed E-state index contributed by atoms with van der Waals surface area (Å²) >= 11 is 1.80. The molecule has 0 saturated heterocycles. The Hall–Kier alpha value is -3.45. The number of thiophene rings is 1. The Morgan fingerprint density at radius 3 is 2.79 bits per heavy atom. The van der Waals surface area contributed by atoms with E-state index in [1.807, 2.05) is 37.5 Å². The molecule has 5 rings (SSSR count). The van der Waals surface area contributed by atoms with E-state index in [2.05, 4.69) is 32.6 Å². The molecule has 1 aliphatic carbocycles. The van der Waals surface area contributed by atoms with E-state index in [1.54, 1.807) is 18.4 Å². The Morgan fingerprint density at radius 1 is 1.21 bits per heavy atom. The maximum atomic E-state index is 7.54. The van der Waals surface area contributed by atoms with Gasteiger partial charge in [0.25, 0.3) is 0 Å². The van der Waals surface area contributed by atoms with Crippen LogP contribution in [-0.4, -0.2) is 35.6 Å². The molecule has 7 heteroatoms. The molecule has 0 fully saturated rings. The van der Waals surface area contributed by atoms with Gasteiger partial charge in [0.1, 0.15) is 0 Å². The summed E-state index contributed by atoms with van der Waals surface area (Å²) in [4.78, 5) is 6.85. The summed E-state index contributed by atoms with van der Waals surface area (Å²) in [7, 11) is 3.49. The van der Waals surface area contributed by atoms with Crippen LogP contribution in [0.3, 0.4) is 0 Å². The van der Waals surface area contributed by atoms with Gasteiger partial charge < -0.3 is 15.5 Å². The first kappa shape index (κ1) is 17.6. The van der Waals surface area contributed by atoms with E-state index in [9.17, 15) is 0 Å². The minimum atomic E-state index is 0.619. The summed E-state index contributed by atoms with van der Waals surface area (Å²) < 4.78 is 5.15. The monoisotopic (exact) mass is 401 g/mol. The Kier molecular flexibility index (Phi) is 4.17. The molecule has 0 bridgehead atoms. The predicted octanol–water partition coefficient (Wildman–Crippen LogP) is 4.82. The second-order valence-corrected chi connectivity index (χ2v) is 7.97. The Labute approximate surface area is 172 Å². The Balaban J connectivity index is 1.51. The molecule has 0 atom stereocenters. The van der Waals surface area contributed by atoms with Gasteiger partial charge in [-0.15, -0.1) is 11.3 Å². The lowest BCUT2D eigenvalue weighted by Gasteiger charge is -2.07. The van der Waals surface area contributed by atoms with Gasteiger partial charge in [-0.1, -0.05) is 12.1 Å². The first-order valence-corrected chi connectivity index (χ1v) is 10.1. The van der Waals surface area contributed by atoms with Gasteiger partial charge >= 0.3 is 0 Å². The predicted molar refractivity (Wildman–Crippen MR) is 117 cm³/mol. The SMILES string of the molecule is CNc1cc(-c2n[nH]c3c2Cc2sc(-c4ccc(OC)nc4)cc2-3)ccc1C=N. The second-order valence-electron chi connectivity index (χ2n) is 6.84. The lowest BCUT2D eigenvalue weighted by atomic mass is 10.0. The van der Waals surface area contributed by atoms with Crippen molar-refractivity contribution in [3.8, 4) is 38.8 Å². The molecule has 0 amide bonds. The van der Waals surface area contributed by atoms with Crippen molar-refractivity contribution in [1.82, 2.24) is 15.2 Å². The number of hydrogen-bond acceptors (Lipinski definition) is 6. The number of pyridine rings is 1. The molecule has 6 nitrogen and oxygen atoms in total. The normalized spacial score (nSPS) is 11.8. The van der Waals surface area contributed by atoms with Gasteiger partial charge in [0.2, 0.25) is 5.88 Å². The smallest absolute Gasteiger partial charge is 0.212 e. The van der Waals surface area contributed by atoms with Gasteiger partial charge in [-0.2, -0.15) is 5.10 Å². The quantitative estimate of drug-likeness (QED) is 0.369. The molecule has 29 heavy (non-hydrogen) atoms. The first-order chi connectivity index (χ1) is 14.2. The van der Waals surface area contributed by atoms with Crippen LogP contribution in [0.25, 0.3) is 33.0 Å². The molecule has 0 spiro atoms. The highest BCUT2D eigenvalue weighted by atomic mass is 32.1. The van der Waals surface area contributed by atoms with E-state index < -0.39 is 0 Å². The fourth-order valence-electron chi connectivity index (χ4n) is 3.77. The maximum Gasteiger partial charge on any atom is 0.212 e. The van der Waals surface area contributed by atoms with Gasteiger partial charge in [0.05, 0.1) is 18.5 Å². The zero-order valence-corrected chi connectivity index (χ0v) is 16.9. The van der Waals surface area contributed by atoms with Crippen LogP contribution in [0.5, 0.6) is 5.88 Å². The lowest BCUT2D eigenvalue weighted by molar-refractivity contribution is 0.398. The standard InChI is InChI=1S/C22H19N5OS/c1-24-17-7-12(3-4-13(17)10-23)21-16-9-19-15(22(16)27-26-21)8-18(29-19)14-5-6-20(28-2)25-11-14/h3-8,10-11,23-24H,9H2,1-2H3,(H,26,27). The van der Waals surface area contributed by atoms with Crippen molar-refractivity contribution in [2.45, 2.75) is 6.42 Å². The van der Waals surface area contributed by atoms with Gasteiger partial charge in [0, 0.05) is 75.2 Å². The number of ether oxygens (including phenoxy) is 1. The molecular formula is C22H19N5OS. The number of rotatable bonds is 5. The molecule has 0 radical (unpaired) electrons. The minimum Gasteiger partial charge on any atom is -0.481 e. The summed E-state index contributed by atoms with van der Waals surface area (Å²) in [6.45, 7) is 0. The number of methoxy groups -OCH3 is 1. The number of nitrogens with one attached hydrogen (secondary N) is 3. The van der Waals surface area contributed by atoms with Crippen LogP contribution in [0, 0.1) is 5.41 Å². The molecule has 1 aliphatic rings. The van der Waals surface area contributed by atoms with E-state index >= 15 is 0 Å². The van der Waals surface area contributed by atoms with Gasteiger partial charge in [0.15, 0.2) is 0 Å².